The van der Waals surface area contributed by atoms with Crippen LogP contribution >= 0.6 is 11.6 Å². The van der Waals surface area contributed by atoms with E-state index in [1.807, 2.05) is 48.5 Å². The van der Waals surface area contributed by atoms with Crippen LogP contribution in [0.4, 0.5) is 5.69 Å². The summed E-state index contributed by atoms with van der Waals surface area (Å²) in [5.41, 5.74) is 0.996. The fraction of sp³-hybridized carbons (Fsp3) is 0.200. The van der Waals surface area contributed by atoms with Gasteiger partial charge in [0.05, 0.1) is 5.02 Å². The fourth-order valence-electron chi connectivity index (χ4n) is 1.62. The van der Waals surface area contributed by atoms with Gasteiger partial charge in [-0.05, 0) is 44.2 Å². The van der Waals surface area contributed by atoms with Gasteiger partial charge >= 0.3 is 0 Å². The van der Waals surface area contributed by atoms with E-state index in [0.29, 0.717) is 16.8 Å². The van der Waals surface area contributed by atoms with Gasteiger partial charge in [0.15, 0.2) is 0 Å². The lowest BCUT2D eigenvalue weighted by molar-refractivity contribution is 0.483. The van der Waals surface area contributed by atoms with E-state index in [1.165, 1.54) is 0 Å². The van der Waals surface area contributed by atoms with Gasteiger partial charge < -0.3 is 10.1 Å². The zero-order valence-corrected chi connectivity index (χ0v) is 11.2. The summed E-state index contributed by atoms with van der Waals surface area (Å²) in [6, 6.07) is 15.7. The summed E-state index contributed by atoms with van der Waals surface area (Å²) in [6.45, 7) is 4.17. The minimum Gasteiger partial charge on any atom is -0.456 e. The topological polar surface area (TPSA) is 21.3 Å². The first-order chi connectivity index (χ1) is 8.65. The van der Waals surface area contributed by atoms with Crippen LogP contribution in [0.25, 0.3) is 0 Å². The molecular weight excluding hydrogens is 246 g/mol. The normalized spacial score (nSPS) is 10.4. The van der Waals surface area contributed by atoms with E-state index in [1.54, 1.807) is 0 Å². The molecule has 0 amide bonds. The predicted octanol–water partition coefficient (Wildman–Crippen LogP) is 4.95. The van der Waals surface area contributed by atoms with Gasteiger partial charge in [-0.15, -0.1) is 0 Å². The van der Waals surface area contributed by atoms with Crippen LogP contribution in [0.2, 0.25) is 5.02 Å². The summed E-state index contributed by atoms with van der Waals surface area (Å²) in [4.78, 5) is 0. The molecule has 0 unspecified atom stereocenters. The predicted molar refractivity (Wildman–Crippen MR) is 76.7 cm³/mol. The van der Waals surface area contributed by atoms with Gasteiger partial charge in [-0.3, -0.25) is 0 Å². The minimum atomic E-state index is 0.377. The van der Waals surface area contributed by atoms with Crippen LogP contribution < -0.4 is 10.1 Å². The molecule has 1 N–H and O–H groups in total. The van der Waals surface area contributed by atoms with E-state index in [9.17, 15) is 0 Å². The van der Waals surface area contributed by atoms with E-state index in [0.717, 1.165) is 11.4 Å². The molecule has 2 rings (SSSR count). The Morgan fingerprint density at radius 1 is 1.06 bits per heavy atom. The number of halogens is 1. The second-order valence-corrected chi connectivity index (χ2v) is 4.77. The number of hydrogen-bond acceptors (Lipinski definition) is 2. The lowest BCUT2D eigenvalue weighted by Crippen LogP contribution is -2.09. The second kappa shape index (κ2) is 5.78. The summed E-state index contributed by atoms with van der Waals surface area (Å²) in [6.07, 6.45) is 0. The number of nitrogens with one attached hydrogen (secondary N) is 1. The highest BCUT2D eigenvalue weighted by Crippen LogP contribution is 2.31. The lowest BCUT2D eigenvalue weighted by Gasteiger charge is -2.12. The maximum Gasteiger partial charge on any atom is 0.146 e. The Morgan fingerprint density at radius 3 is 2.39 bits per heavy atom. The first-order valence-corrected chi connectivity index (χ1v) is 6.32. The molecule has 0 radical (unpaired) electrons. The molecule has 2 aromatic rings. The summed E-state index contributed by atoms with van der Waals surface area (Å²) >= 11 is 6.20. The van der Waals surface area contributed by atoms with Crippen LogP contribution in [0.15, 0.2) is 48.5 Å². The summed E-state index contributed by atoms with van der Waals surface area (Å²) in [5.74, 6) is 1.45. The molecule has 94 valence electrons. The van der Waals surface area contributed by atoms with E-state index < -0.39 is 0 Å². The zero-order chi connectivity index (χ0) is 13.0. The van der Waals surface area contributed by atoms with Crippen LogP contribution in [-0.2, 0) is 0 Å². The minimum absolute atomic E-state index is 0.377. The molecule has 2 nitrogen and oxygen atoms in total. The van der Waals surface area contributed by atoms with Crippen LogP contribution in [0.1, 0.15) is 13.8 Å². The third-order valence-corrected chi connectivity index (χ3v) is 2.65. The molecule has 2 aromatic carbocycles. The van der Waals surface area contributed by atoms with E-state index in [4.69, 9.17) is 16.3 Å². The van der Waals surface area contributed by atoms with Gasteiger partial charge in [0.2, 0.25) is 0 Å². The number of para-hydroxylation sites is 1. The first kappa shape index (κ1) is 12.8. The SMILES string of the molecule is CC(C)Nc1ccc(Oc2ccccc2)c(Cl)c1. The molecule has 0 aliphatic heterocycles. The van der Waals surface area contributed by atoms with E-state index in [-0.39, 0.29) is 0 Å². The van der Waals surface area contributed by atoms with Gasteiger partial charge in [-0.25, -0.2) is 0 Å². The number of benzene rings is 2. The standard InChI is InChI=1S/C15H16ClNO/c1-11(2)17-12-8-9-15(14(16)10-12)18-13-6-4-3-5-7-13/h3-11,17H,1-2H3. The van der Waals surface area contributed by atoms with Crippen molar-refractivity contribution in [2.24, 2.45) is 0 Å². The van der Waals surface area contributed by atoms with Gasteiger partial charge in [-0.1, -0.05) is 29.8 Å². The quantitative estimate of drug-likeness (QED) is 0.841. The highest BCUT2D eigenvalue weighted by molar-refractivity contribution is 6.32. The van der Waals surface area contributed by atoms with Crippen LogP contribution in [-0.4, -0.2) is 6.04 Å². The Bertz CT molecular complexity index is 511. The monoisotopic (exact) mass is 261 g/mol. The van der Waals surface area contributed by atoms with Crippen molar-refractivity contribution in [1.82, 2.24) is 0 Å². The number of hydrogen-bond donors (Lipinski definition) is 1. The van der Waals surface area contributed by atoms with Crippen molar-refractivity contribution in [1.29, 1.82) is 0 Å². The molecule has 0 spiro atoms. The average Bonchev–Trinajstić information content (AvgIpc) is 2.33. The van der Waals surface area contributed by atoms with Crippen molar-refractivity contribution in [2.75, 3.05) is 5.32 Å². The summed E-state index contributed by atoms with van der Waals surface area (Å²) in [7, 11) is 0. The Hall–Kier alpha value is -1.67. The maximum absolute atomic E-state index is 6.20. The fourth-order valence-corrected chi connectivity index (χ4v) is 1.84. The van der Waals surface area contributed by atoms with E-state index in [2.05, 4.69) is 19.2 Å². The Kier molecular flexibility index (Phi) is 4.11. The van der Waals surface area contributed by atoms with Crippen LogP contribution in [0, 0.1) is 0 Å². The summed E-state index contributed by atoms with van der Waals surface area (Å²) < 4.78 is 5.71. The Labute approximate surface area is 113 Å². The van der Waals surface area contributed by atoms with Crippen molar-refractivity contribution < 1.29 is 4.74 Å². The van der Waals surface area contributed by atoms with Crippen molar-refractivity contribution in [3.05, 3.63) is 53.6 Å². The van der Waals surface area contributed by atoms with Crippen LogP contribution in [0.5, 0.6) is 11.5 Å². The Balaban J connectivity index is 2.15. The lowest BCUT2D eigenvalue weighted by atomic mass is 10.2. The molecule has 0 saturated carbocycles. The molecule has 0 fully saturated rings. The second-order valence-electron chi connectivity index (χ2n) is 4.36. The molecule has 3 heteroatoms. The number of ether oxygens (including phenoxy) is 1. The average molecular weight is 262 g/mol. The molecule has 0 atom stereocenters. The van der Waals surface area contributed by atoms with Crippen molar-refractivity contribution in [2.45, 2.75) is 19.9 Å². The molecular formula is C15H16ClNO. The van der Waals surface area contributed by atoms with Crippen LogP contribution in [0.3, 0.4) is 0 Å². The molecule has 0 aromatic heterocycles. The van der Waals surface area contributed by atoms with Crippen molar-refractivity contribution in [3.63, 3.8) is 0 Å². The molecule has 0 heterocycles. The first-order valence-electron chi connectivity index (χ1n) is 5.94. The third kappa shape index (κ3) is 3.41. The Morgan fingerprint density at radius 2 is 1.78 bits per heavy atom. The third-order valence-electron chi connectivity index (χ3n) is 2.36. The number of rotatable bonds is 4. The molecule has 18 heavy (non-hydrogen) atoms. The molecule has 0 aliphatic carbocycles. The van der Waals surface area contributed by atoms with Gasteiger partial charge in [0.1, 0.15) is 11.5 Å². The van der Waals surface area contributed by atoms with Gasteiger partial charge in [0, 0.05) is 11.7 Å². The van der Waals surface area contributed by atoms with E-state index >= 15 is 0 Å². The molecule has 0 bridgehead atoms. The maximum atomic E-state index is 6.20. The number of anilines is 1. The summed E-state index contributed by atoms with van der Waals surface area (Å²) in [5, 5.41) is 3.90. The van der Waals surface area contributed by atoms with Gasteiger partial charge in [0.25, 0.3) is 0 Å². The van der Waals surface area contributed by atoms with Crippen molar-refractivity contribution in [3.8, 4) is 11.5 Å². The highest BCUT2D eigenvalue weighted by Gasteiger charge is 2.05. The van der Waals surface area contributed by atoms with Crippen molar-refractivity contribution >= 4 is 17.3 Å². The van der Waals surface area contributed by atoms with Gasteiger partial charge in [-0.2, -0.15) is 0 Å². The molecule has 0 aliphatic rings. The largest absolute Gasteiger partial charge is 0.456 e. The molecule has 0 saturated heterocycles. The highest BCUT2D eigenvalue weighted by atomic mass is 35.5. The zero-order valence-electron chi connectivity index (χ0n) is 10.5. The smallest absolute Gasteiger partial charge is 0.146 e.